The van der Waals surface area contributed by atoms with Crippen molar-refractivity contribution in [3.8, 4) is 17.2 Å². The van der Waals surface area contributed by atoms with Crippen LogP contribution >= 0.6 is 0 Å². The molecule has 0 spiro atoms. The van der Waals surface area contributed by atoms with Crippen molar-refractivity contribution in [1.29, 1.82) is 0 Å². The molecule has 6 nitrogen and oxygen atoms in total. The Morgan fingerprint density at radius 3 is 2.83 bits per heavy atom. The highest BCUT2D eigenvalue weighted by molar-refractivity contribution is 5.95. The summed E-state index contributed by atoms with van der Waals surface area (Å²) in [5.41, 5.74) is 1.55. The molecule has 2 aromatic rings. The smallest absolute Gasteiger partial charge is 0.243 e. The van der Waals surface area contributed by atoms with E-state index < -0.39 is 0 Å². The Balaban J connectivity index is 1.71. The summed E-state index contributed by atoms with van der Waals surface area (Å²) in [6.07, 6.45) is 0. The van der Waals surface area contributed by atoms with Crippen LogP contribution in [0.4, 0.5) is 11.4 Å². The van der Waals surface area contributed by atoms with Crippen LogP contribution in [0.1, 0.15) is 0 Å². The number of rotatable bonds is 5. The van der Waals surface area contributed by atoms with Gasteiger partial charge < -0.3 is 24.4 Å². The summed E-state index contributed by atoms with van der Waals surface area (Å²) in [6.45, 7) is 1.48. The van der Waals surface area contributed by atoms with Crippen LogP contribution in [0.3, 0.4) is 0 Å². The number of carbonyl (C=O) groups is 1. The van der Waals surface area contributed by atoms with Crippen molar-refractivity contribution in [3.05, 3.63) is 42.5 Å². The van der Waals surface area contributed by atoms with Crippen LogP contribution in [0.25, 0.3) is 0 Å². The number of hydrogen-bond acceptors (Lipinski definition) is 5. The average Bonchev–Trinajstić information content (AvgIpc) is 2.62. The molecule has 0 aromatic heterocycles. The third kappa shape index (κ3) is 3.37. The van der Waals surface area contributed by atoms with Crippen LogP contribution in [0.5, 0.6) is 17.2 Å². The van der Waals surface area contributed by atoms with Crippen LogP contribution in [0.15, 0.2) is 42.5 Å². The predicted octanol–water partition coefficient (Wildman–Crippen LogP) is 2.54. The van der Waals surface area contributed by atoms with E-state index in [9.17, 15) is 4.79 Å². The van der Waals surface area contributed by atoms with E-state index in [0.29, 0.717) is 30.3 Å². The summed E-state index contributed by atoms with van der Waals surface area (Å²) in [6, 6.07) is 13.0. The van der Waals surface area contributed by atoms with Crippen LogP contribution in [0.2, 0.25) is 0 Å². The minimum atomic E-state index is -0.116. The molecule has 6 heteroatoms. The highest BCUT2D eigenvalue weighted by atomic mass is 16.5. The Labute approximate surface area is 140 Å². The fourth-order valence-electron chi connectivity index (χ4n) is 2.66. The molecule has 0 aliphatic carbocycles. The maximum absolute atomic E-state index is 12.4. The second-order valence-electron chi connectivity index (χ2n) is 5.35. The van der Waals surface area contributed by atoms with E-state index in [0.717, 1.165) is 11.4 Å². The van der Waals surface area contributed by atoms with Crippen molar-refractivity contribution < 1.29 is 19.0 Å². The summed E-state index contributed by atoms with van der Waals surface area (Å²) >= 11 is 0. The maximum atomic E-state index is 12.4. The van der Waals surface area contributed by atoms with Gasteiger partial charge in [-0.25, -0.2) is 0 Å². The summed E-state index contributed by atoms with van der Waals surface area (Å²) < 4.78 is 16.1. The summed E-state index contributed by atoms with van der Waals surface area (Å²) in [5.74, 6) is 1.92. The lowest BCUT2D eigenvalue weighted by Gasteiger charge is -2.30. The first-order chi connectivity index (χ1) is 11.7. The lowest BCUT2D eigenvalue weighted by atomic mass is 10.2. The number of fused-ring (bicyclic) bond motifs is 1. The van der Waals surface area contributed by atoms with Gasteiger partial charge in [0.15, 0.2) is 0 Å². The first-order valence-corrected chi connectivity index (χ1v) is 7.70. The average molecular weight is 328 g/mol. The second-order valence-corrected chi connectivity index (χ2v) is 5.35. The van der Waals surface area contributed by atoms with Crippen LogP contribution in [-0.4, -0.2) is 39.8 Å². The Hall–Kier alpha value is -2.89. The number of nitrogens with zero attached hydrogens (tertiary/aromatic N) is 1. The number of para-hydroxylation sites is 2. The zero-order valence-corrected chi connectivity index (χ0v) is 13.7. The molecule has 0 saturated carbocycles. The van der Waals surface area contributed by atoms with Gasteiger partial charge in [0.25, 0.3) is 0 Å². The molecule has 0 saturated heterocycles. The van der Waals surface area contributed by atoms with Gasteiger partial charge >= 0.3 is 0 Å². The lowest BCUT2D eigenvalue weighted by Crippen LogP contribution is -2.38. The molecule has 0 fully saturated rings. The molecule has 0 atom stereocenters. The topological polar surface area (TPSA) is 60.0 Å². The van der Waals surface area contributed by atoms with Crippen molar-refractivity contribution in [1.82, 2.24) is 0 Å². The molecule has 2 aromatic carbocycles. The van der Waals surface area contributed by atoms with Crippen molar-refractivity contribution in [2.24, 2.45) is 0 Å². The summed E-state index contributed by atoms with van der Waals surface area (Å²) in [7, 11) is 3.14. The van der Waals surface area contributed by atoms with Crippen molar-refractivity contribution in [3.63, 3.8) is 0 Å². The van der Waals surface area contributed by atoms with E-state index in [1.165, 1.54) is 0 Å². The first kappa shape index (κ1) is 16.0. The number of nitrogens with one attached hydrogen (secondary N) is 1. The van der Waals surface area contributed by atoms with Crippen LogP contribution < -0.4 is 24.4 Å². The maximum Gasteiger partial charge on any atom is 0.243 e. The van der Waals surface area contributed by atoms with Gasteiger partial charge in [0.2, 0.25) is 5.91 Å². The third-order valence-corrected chi connectivity index (χ3v) is 3.84. The highest BCUT2D eigenvalue weighted by Crippen LogP contribution is 2.31. The van der Waals surface area contributed by atoms with E-state index in [2.05, 4.69) is 5.32 Å². The van der Waals surface area contributed by atoms with Gasteiger partial charge in [0, 0.05) is 6.07 Å². The number of hydrogen-bond donors (Lipinski definition) is 1. The van der Waals surface area contributed by atoms with E-state index in [1.54, 1.807) is 32.4 Å². The van der Waals surface area contributed by atoms with Gasteiger partial charge in [-0.05, 0) is 24.3 Å². The first-order valence-electron chi connectivity index (χ1n) is 7.70. The van der Waals surface area contributed by atoms with Crippen molar-refractivity contribution >= 4 is 17.3 Å². The van der Waals surface area contributed by atoms with Gasteiger partial charge in [-0.15, -0.1) is 0 Å². The van der Waals surface area contributed by atoms with Gasteiger partial charge in [-0.2, -0.15) is 0 Å². The Morgan fingerprint density at radius 1 is 1.21 bits per heavy atom. The Bertz CT molecular complexity index is 733. The monoisotopic (exact) mass is 328 g/mol. The molecule has 0 unspecified atom stereocenters. The minimum Gasteiger partial charge on any atom is -0.497 e. The van der Waals surface area contributed by atoms with E-state index in [4.69, 9.17) is 14.2 Å². The fourth-order valence-corrected chi connectivity index (χ4v) is 2.66. The Morgan fingerprint density at radius 2 is 2.04 bits per heavy atom. The van der Waals surface area contributed by atoms with Crippen LogP contribution in [-0.2, 0) is 4.79 Å². The molecule has 0 radical (unpaired) electrons. The lowest BCUT2D eigenvalue weighted by molar-refractivity contribution is -0.115. The molecular formula is C18H20N2O4. The number of amides is 1. The zero-order valence-electron chi connectivity index (χ0n) is 13.7. The van der Waals surface area contributed by atoms with Crippen LogP contribution in [0, 0.1) is 0 Å². The molecule has 1 aliphatic heterocycles. The number of benzene rings is 2. The quantitative estimate of drug-likeness (QED) is 0.914. The molecule has 24 heavy (non-hydrogen) atoms. The number of ether oxygens (including phenoxy) is 3. The highest BCUT2D eigenvalue weighted by Gasteiger charge is 2.20. The molecular weight excluding hydrogens is 308 g/mol. The van der Waals surface area contributed by atoms with Gasteiger partial charge in [-0.3, -0.25) is 4.79 Å². The third-order valence-electron chi connectivity index (χ3n) is 3.84. The van der Waals surface area contributed by atoms with E-state index in [1.807, 2.05) is 29.2 Å². The molecule has 3 rings (SSSR count). The zero-order chi connectivity index (χ0) is 16.9. The number of methoxy groups -OCH3 is 2. The molecule has 1 aliphatic rings. The fraction of sp³-hybridized carbons (Fsp3) is 0.278. The predicted molar refractivity (Wildman–Crippen MR) is 92.3 cm³/mol. The normalized spacial score (nSPS) is 12.8. The van der Waals surface area contributed by atoms with Crippen molar-refractivity contribution in [2.75, 3.05) is 44.1 Å². The standard InChI is InChI=1S/C18H20N2O4/c1-22-13-7-8-14(17(11-13)23-2)19-18(21)12-20-9-10-24-16-6-4-3-5-15(16)20/h3-8,11H,9-10,12H2,1-2H3,(H,19,21). The van der Waals surface area contributed by atoms with Gasteiger partial charge in [0.1, 0.15) is 23.9 Å². The van der Waals surface area contributed by atoms with Gasteiger partial charge in [0.05, 0.1) is 38.7 Å². The van der Waals surface area contributed by atoms with Crippen molar-refractivity contribution in [2.45, 2.75) is 0 Å². The Kier molecular flexibility index (Phi) is 4.74. The largest absolute Gasteiger partial charge is 0.497 e. The molecule has 126 valence electrons. The summed E-state index contributed by atoms with van der Waals surface area (Å²) in [5, 5.41) is 2.89. The SMILES string of the molecule is COc1ccc(NC(=O)CN2CCOc3ccccc32)c(OC)c1. The number of anilines is 2. The summed E-state index contributed by atoms with van der Waals surface area (Å²) in [4.78, 5) is 14.4. The molecule has 1 heterocycles. The molecule has 1 N–H and O–H groups in total. The van der Waals surface area contributed by atoms with E-state index >= 15 is 0 Å². The minimum absolute atomic E-state index is 0.116. The second kappa shape index (κ2) is 7.12. The molecule has 0 bridgehead atoms. The van der Waals surface area contributed by atoms with Gasteiger partial charge in [-0.1, -0.05) is 12.1 Å². The van der Waals surface area contributed by atoms with E-state index in [-0.39, 0.29) is 12.5 Å². The number of carbonyl (C=O) groups excluding carboxylic acids is 1. The molecule has 1 amide bonds.